The molecule has 1 unspecified atom stereocenters. The Bertz CT molecular complexity index is 1020. The average molecular weight is 401 g/mol. The van der Waals surface area contributed by atoms with Gasteiger partial charge in [0, 0.05) is 11.5 Å². The fraction of sp³-hybridized carbons (Fsp3) is 0.500. The molecule has 0 saturated heterocycles. The van der Waals surface area contributed by atoms with Gasteiger partial charge in [-0.25, -0.2) is 9.59 Å². The smallest absolute Gasteiger partial charge is 0.340 e. The second kappa shape index (κ2) is 7.89. The second-order valence-corrected chi connectivity index (χ2v) is 8.23. The lowest BCUT2D eigenvalue weighted by atomic mass is 9.92. The van der Waals surface area contributed by atoms with Crippen LogP contribution in [0.3, 0.4) is 0 Å². The van der Waals surface area contributed by atoms with Crippen LogP contribution in [-0.4, -0.2) is 28.6 Å². The molecule has 7 nitrogen and oxygen atoms in total. The largest absolute Gasteiger partial charge is 0.487 e. The summed E-state index contributed by atoms with van der Waals surface area (Å²) in [7, 11) is 0. The summed E-state index contributed by atoms with van der Waals surface area (Å²) in [5.74, 6) is -0.883. The van der Waals surface area contributed by atoms with Crippen LogP contribution < -0.4 is 15.7 Å². The number of nitrogens with one attached hydrogen (secondary N) is 1. The molecule has 3 rings (SSSR count). The van der Waals surface area contributed by atoms with E-state index in [4.69, 9.17) is 9.15 Å². The van der Waals surface area contributed by atoms with Gasteiger partial charge in [0.15, 0.2) is 0 Å². The highest BCUT2D eigenvalue weighted by molar-refractivity contribution is 5.88. The molecule has 1 aromatic carbocycles. The Hall–Kier alpha value is -2.83. The van der Waals surface area contributed by atoms with Crippen molar-refractivity contribution < 1.29 is 23.8 Å². The van der Waals surface area contributed by atoms with Crippen LogP contribution in [0.5, 0.6) is 5.75 Å². The van der Waals surface area contributed by atoms with Crippen LogP contribution in [0.15, 0.2) is 21.3 Å². The zero-order valence-electron chi connectivity index (χ0n) is 17.3. The van der Waals surface area contributed by atoms with Gasteiger partial charge < -0.3 is 19.6 Å². The number of carboxylic acid groups (broad SMARTS) is 1. The summed E-state index contributed by atoms with van der Waals surface area (Å²) in [6.07, 6.45) is 2.46. The molecule has 1 aliphatic heterocycles. The first-order valence-electron chi connectivity index (χ1n) is 9.91. The summed E-state index contributed by atoms with van der Waals surface area (Å²) in [6.45, 7) is 7.66. The van der Waals surface area contributed by atoms with E-state index in [1.165, 1.54) is 0 Å². The second-order valence-electron chi connectivity index (χ2n) is 8.23. The maximum absolute atomic E-state index is 12.5. The van der Waals surface area contributed by atoms with Crippen LogP contribution in [0.4, 0.5) is 0 Å². The third-order valence-corrected chi connectivity index (χ3v) is 5.40. The summed E-state index contributed by atoms with van der Waals surface area (Å²) in [5, 5.41) is 12.5. The number of ether oxygens (including phenoxy) is 1. The van der Waals surface area contributed by atoms with Crippen molar-refractivity contribution in [2.75, 3.05) is 0 Å². The third-order valence-electron chi connectivity index (χ3n) is 5.40. The summed E-state index contributed by atoms with van der Waals surface area (Å²) < 4.78 is 11.5. The number of amides is 1. The van der Waals surface area contributed by atoms with Crippen molar-refractivity contribution in [2.45, 2.75) is 71.4 Å². The first-order valence-corrected chi connectivity index (χ1v) is 9.91. The number of benzene rings is 1. The number of fused-ring (bicyclic) bond motifs is 2. The van der Waals surface area contributed by atoms with Gasteiger partial charge in [-0.05, 0) is 57.2 Å². The van der Waals surface area contributed by atoms with Crippen LogP contribution >= 0.6 is 0 Å². The number of rotatable bonds is 6. The molecule has 0 fully saturated rings. The number of carboxylic acids is 1. The van der Waals surface area contributed by atoms with Crippen molar-refractivity contribution in [1.82, 2.24) is 5.32 Å². The zero-order chi connectivity index (χ0) is 21.3. The van der Waals surface area contributed by atoms with E-state index in [1.807, 2.05) is 26.8 Å². The van der Waals surface area contributed by atoms with Crippen LogP contribution in [0.1, 0.15) is 56.7 Å². The molecule has 0 aliphatic carbocycles. The average Bonchev–Trinajstić information content (AvgIpc) is 2.63. The van der Waals surface area contributed by atoms with Gasteiger partial charge in [0.25, 0.3) is 0 Å². The van der Waals surface area contributed by atoms with Gasteiger partial charge in [-0.3, -0.25) is 4.79 Å². The standard InChI is InChI=1S/C22H27NO6/c1-5-6-16(20(25)26)23-19(24)10-15-12(2)14-9-13-7-8-22(3,4)29-17(13)11-18(14)28-21(15)27/h9,11,16H,5-8,10H2,1-4H3,(H,23,24)(H,25,26). The van der Waals surface area contributed by atoms with E-state index in [1.54, 1.807) is 13.0 Å². The maximum Gasteiger partial charge on any atom is 0.340 e. The topological polar surface area (TPSA) is 106 Å². The molecule has 1 aromatic heterocycles. The Morgan fingerprint density at radius 1 is 1.31 bits per heavy atom. The Morgan fingerprint density at radius 3 is 2.69 bits per heavy atom. The van der Waals surface area contributed by atoms with Gasteiger partial charge in [-0.2, -0.15) is 0 Å². The highest BCUT2D eigenvalue weighted by Crippen LogP contribution is 2.36. The van der Waals surface area contributed by atoms with Crippen LogP contribution in [0, 0.1) is 6.92 Å². The Labute approximate surface area is 169 Å². The lowest BCUT2D eigenvalue weighted by molar-refractivity contribution is -0.141. The van der Waals surface area contributed by atoms with Gasteiger partial charge in [0.05, 0.1) is 12.0 Å². The molecule has 0 saturated carbocycles. The van der Waals surface area contributed by atoms with E-state index < -0.39 is 23.5 Å². The lowest BCUT2D eigenvalue weighted by Gasteiger charge is -2.32. The Morgan fingerprint density at radius 2 is 2.03 bits per heavy atom. The van der Waals surface area contributed by atoms with E-state index in [-0.39, 0.29) is 17.6 Å². The quantitative estimate of drug-likeness (QED) is 0.721. The van der Waals surface area contributed by atoms with Crippen molar-refractivity contribution in [2.24, 2.45) is 0 Å². The van der Waals surface area contributed by atoms with E-state index >= 15 is 0 Å². The van der Waals surface area contributed by atoms with E-state index in [2.05, 4.69) is 5.32 Å². The zero-order valence-corrected chi connectivity index (χ0v) is 17.3. The number of aliphatic carboxylic acids is 1. The predicted molar refractivity (Wildman–Crippen MR) is 108 cm³/mol. The predicted octanol–water partition coefficient (Wildman–Crippen LogP) is 3.12. The minimum absolute atomic E-state index is 0.224. The Balaban J connectivity index is 1.92. The molecule has 0 radical (unpaired) electrons. The number of hydrogen-bond acceptors (Lipinski definition) is 5. The highest BCUT2D eigenvalue weighted by atomic mass is 16.5. The van der Waals surface area contributed by atoms with E-state index in [0.717, 1.165) is 23.8 Å². The third kappa shape index (κ3) is 4.44. The molecule has 0 spiro atoms. The summed E-state index contributed by atoms with van der Waals surface area (Å²) in [5.41, 5.74) is 1.50. The molecule has 0 bridgehead atoms. The van der Waals surface area contributed by atoms with Gasteiger partial charge in [-0.15, -0.1) is 0 Å². The van der Waals surface area contributed by atoms with Crippen LogP contribution in [0.2, 0.25) is 0 Å². The van der Waals surface area contributed by atoms with Crippen LogP contribution in [0.25, 0.3) is 11.0 Å². The molecular weight excluding hydrogens is 374 g/mol. The normalized spacial score (nSPS) is 16.0. The number of carbonyl (C=O) groups excluding carboxylic acids is 1. The molecule has 7 heteroatoms. The molecule has 29 heavy (non-hydrogen) atoms. The number of hydrogen-bond donors (Lipinski definition) is 2. The molecule has 1 amide bonds. The first-order chi connectivity index (χ1) is 13.6. The summed E-state index contributed by atoms with van der Waals surface area (Å²) in [6, 6.07) is 2.73. The number of aryl methyl sites for hydroxylation is 2. The monoisotopic (exact) mass is 401 g/mol. The minimum Gasteiger partial charge on any atom is -0.487 e. The minimum atomic E-state index is -1.09. The molecule has 2 N–H and O–H groups in total. The van der Waals surface area contributed by atoms with Gasteiger partial charge >= 0.3 is 11.6 Å². The van der Waals surface area contributed by atoms with E-state index in [9.17, 15) is 19.5 Å². The molecule has 1 aliphatic rings. The molecule has 156 valence electrons. The summed E-state index contributed by atoms with van der Waals surface area (Å²) in [4.78, 5) is 36.2. The van der Waals surface area contributed by atoms with Crippen molar-refractivity contribution in [3.63, 3.8) is 0 Å². The fourth-order valence-electron chi connectivity index (χ4n) is 3.69. The van der Waals surface area contributed by atoms with Gasteiger partial charge in [0.1, 0.15) is 23.0 Å². The van der Waals surface area contributed by atoms with Crippen molar-refractivity contribution in [3.05, 3.63) is 39.2 Å². The molecule has 1 atom stereocenters. The first kappa shape index (κ1) is 20.9. The SMILES string of the molecule is CCCC(NC(=O)Cc1c(C)c2cc3c(cc2oc1=O)OC(C)(C)CC3)C(=O)O. The summed E-state index contributed by atoms with van der Waals surface area (Å²) >= 11 is 0. The van der Waals surface area contributed by atoms with Crippen molar-refractivity contribution in [1.29, 1.82) is 0 Å². The number of carbonyl (C=O) groups is 2. The molecule has 2 aromatic rings. The fourth-order valence-corrected chi connectivity index (χ4v) is 3.69. The maximum atomic E-state index is 12.5. The van der Waals surface area contributed by atoms with Crippen molar-refractivity contribution in [3.8, 4) is 5.75 Å². The van der Waals surface area contributed by atoms with Crippen molar-refractivity contribution >= 4 is 22.8 Å². The van der Waals surface area contributed by atoms with Gasteiger partial charge in [-0.1, -0.05) is 13.3 Å². The molecular formula is C22H27NO6. The lowest BCUT2D eigenvalue weighted by Crippen LogP contribution is -2.41. The van der Waals surface area contributed by atoms with E-state index in [0.29, 0.717) is 29.7 Å². The van der Waals surface area contributed by atoms with Crippen LogP contribution in [-0.2, 0) is 22.4 Å². The van der Waals surface area contributed by atoms with Gasteiger partial charge in [0.2, 0.25) is 5.91 Å². The Kier molecular flexibility index (Phi) is 5.68. The molecule has 2 heterocycles. The highest BCUT2D eigenvalue weighted by Gasteiger charge is 2.28.